The van der Waals surface area contributed by atoms with Gasteiger partial charge in [0.1, 0.15) is 17.4 Å². The number of aromatic nitrogens is 3. The van der Waals surface area contributed by atoms with E-state index < -0.39 is 5.97 Å². The van der Waals surface area contributed by atoms with E-state index in [1.165, 1.54) is 23.1 Å². The first-order valence-electron chi connectivity index (χ1n) is 9.66. The largest absolute Gasteiger partial charge is 0.486 e. The molecule has 0 spiro atoms. The monoisotopic (exact) mass is 460 g/mol. The molecule has 2 heterocycles. The number of esters is 1. The molecule has 0 aliphatic carbocycles. The van der Waals surface area contributed by atoms with E-state index in [2.05, 4.69) is 15.5 Å². The molecular weight excluding hydrogens is 436 g/mol. The third kappa shape index (κ3) is 5.65. The van der Waals surface area contributed by atoms with Gasteiger partial charge in [0.2, 0.25) is 5.91 Å². The molecule has 0 saturated heterocycles. The summed E-state index contributed by atoms with van der Waals surface area (Å²) in [4.78, 5) is 25.7. The van der Waals surface area contributed by atoms with E-state index in [9.17, 15) is 9.59 Å². The minimum absolute atomic E-state index is 0.129. The quantitative estimate of drug-likeness (QED) is 0.381. The number of hydrogen-bond donors (Lipinski definition) is 1. The van der Waals surface area contributed by atoms with Gasteiger partial charge in [-0.2, -0.15) is 0 Å². The van der Waals surface area contributed by atoms with Crippen LogP contribution in [0.5, 0.6) is 5.75 Å². The van der Waals surface area contributed by atoms with Crippen molar-refractivity contribution in [1.82, 2.24) is 14.8 Å². The summed E-state index contributed by atoms with van der Waals surface area (Å²) in [5, 5.41) is 12.2. The van der Waals surface area contributed by atoms with E-state index in [1.807, 2.05) is 51.2 Å². The molecule has 8 nitrogen and oxygen atoms in total. The minimum Gasteiger partial charge on any atom is -0.486 e. The highest BCUT2D eigenvalue weighted by atomic mass is 32.2. The Bertz CT molecular complexity index is 1060. The van der Waals surface area contributed by atoms with Crippen LogP contribution in [0, 0.1) is 13.8 Å². The molecule has 0 unspecified atom stereocenters. The van der Waals surface area contributed by atoms with Gasteiger partial charge in [-0.3, -0.25) is 4.79 Å². The Labute approximate surface area is 189 Å². The molecule has 0 radical (unpaired) electrons. The summed E-state index contributed by atoms with van der Waals surface area (Å²) >= 11 is 2.63. The average molecular weight is 461 g/mol. The number of para-hydroxylation sites is 1. The van der Waals surface area contributed by atoms with Gasteiger partial charge in [0.25, 0.3) is 0 Å². The van der Waals surface area contributed by atoms with Crippen molar-refractivity contribution in [3.8, 4) is 5.75 Å². The first-order valence-corrected chi connectivity index (χ1v) is 11.5. The molecule has 164 valence electrons. The van der Waals surface area contributed by atoms with E-state index in [-0.39, 0.29) is 24.9 Å². The highest BCUT2D eigenvalue weighted by molar-refractivity contribution is 7.99. The zero-order valence-corrected chi connectivity index (χ0v) is 19.4. The first-order chi connectivity index (χ1) is 14.9. The fourth-order valence-electron chi connectivity index (χ4n) is 2.72. The predicted molar refractivity (Wildman–Crippen MR) is 121 cm³/mol. The van der Waals surface area contributed by atoms with Gasteiger partial charge in [-0.1, -0.05) is 30.0 Å². The van der Waals surface area contributed by atoms with Gasteiger partial charge in [-0.25, -0.2) is 4.79 Å². The highest BCUT2D eigenvalue weighted by Crippen LogP contribution is 2.33. The van der Waals surface area contributed by atoms with Gasteiger partial charge in [-0.15, -0.1) is 21.5 Å². The number of carbonyl (C=O) groups excluding carboxylic acids is 2. The Morgan fingerprint density at radius 2 is 1.94 bits per heavy atom. The van der Waals surface area contributed by atoms with E-state index in [4.69, 9.17) is 9.47 Å². The average Bonchev–Trinajstić information content (AvgIpc) is 3.24. The summed E-state index contributed by atoms with van der Waals surface area (Å²) in [6.07, 6.45) is 0. The van der Waals surface area contributed by atoms with Crippen molar-refractivity contribution in [1.29, 1.82) is 0 Å². The summed E-state index contributed by atoms with van der Waals surface area (Å²) in [6.45, 7) is 6.06. The molecular formula is C21H24N4O4S2. The van der Waals surface area contributed by atoms with Crippen LogP contribution in [0.3, 0.4) is 0 Å². The Morgan fingerprint density at radius 1 is 1.19 bits per heavy atom. The van der Waals surface area contributed by atoms with Crippen LogP contribution in [0.15, 0.2) is 35.5 Å². The first kappa shape index (κ1) is 22.8. The number of thiophene rings is 1. The zero-order valence-electron chi connectivity index (χ0n) is 17.8. The van der Waals surface area contributed by atoms with Crippen LogP contribution in [0.2, 0.25) is 0 Å². The second-order valence-corrected chi connectivity index (χ2v) is 8.77. The highest BCUT2D eigenvalue weighted by Gasteiger charge is 2.22. The lowest BCUT2D eigenvalue weighted by atomic mass is 10.1. The summed E-state index contributed by atoms with van der Waals surface area (Å²) in [7, 11) is 1.83. The molecule has 1 aromatic carbocycles. The lowest BCUT2D eigenvalue weighted by molar-refractivity contribution is -0.113. The Morgan fingerprint density at radius 3 is 2.65 bits per heavy atom. The van der Waals surface area contributed by atoms with E-state index in [0.717, 1.165) is 16.2 Å². The Kier molecular flexibility index (Phi) is 7.69. The maximum Gasteiger partial charge on any atom is 0.341 e. The summed E-state index contributed by atoms with van der Waals surface area (Å²) in [5.41, 5.74) is 1.24. The molecule has 3 rings (SSSR count). The number of amides is 1. The molecule has 3 aromatic rings. The SMILES string of the molecule is CCOC(=O)c1c(NC(=O)CSc2nnc(COc3ccccc3)n2C)sc(C)c1C. The Hall–Kier alpha value is -2.85. The van der Waals surface area contributed by atoms with Crippen molar-refractivity contribution in [2.75, 3.05) is 17.7 Å². The van der Waals surface area contributed by atoms with Gasteiger partial charge in [-0.05, 0) is 38.5 Å². The number of aryl methyl sites for hydroxylation is 1. The fourth-order valence-corrected chi connectivity index (χ4v) is 4.51. The van der Waals surface area contributed by atoms with Crippen molar-refractivity contribution >= 4 is 40.0 Å². The normalized spacial score (nSPS) is 10.7. The van der Waals surface area contributed by atoms with E-state index in [1.54, 1.807) is 11.5 Å². The molecule has 0 saturated carbocycles. The third-order valence-corrected chi connectivity index (χ3v) is 6.63. The third-order valence-electron chi connectivity index (χ3n) is 4.49. The topological polar surface area (TPSA) is 95.3 Å². The standard InChI is InChI=1S/C21H24N4O4S2/c1-5-28-20(27)18-13(2)14(3)31-19(18)22-17(26)12-30-21-24-23-16(25(21)4)11-29-15-9-7-6-8-10-15/h6-10H,5,11-12H2,1-4H3,(H,22,26). The molecule has 0 aliphatic rings. The molecule has 0 atom stereocenters. The van der Waals surface area contributed by atoms with Crippen molar-refractivity contribution < 1.29 is 19.1 Å². The predicted octanol–water partition coefficient (Wildman–Crippen LogP) is 3.98. The molecule has 31 heavy (non-hydrogen) atoms. The van der Waals surface area contributed by atoms with Crippen LogP contribution in [0.4, 0.5) is 5.00 Å². The van der Waals surface area contributed by atoms with Crippen LogP contribution in [0.25, 0.3) is 0 Å². The Balaban J connectivity index is 1.59. The maximum absolute atomic E-state index is 12.5. The maximum atomic E-state index is 12.5. The van der Waals surface area contributed by atoms with Gasteiger partial charge >= 0.3 is 5.97 Å². The lowest BCUT2D eigenvalue weighted by Gasteiger charge is -2.08. The number of hydrogen-bond acceptors (Lipinski definition) is 8. The van der Waals surface area contributed by atoms with Crippen LogP contribution >= 0.6 is 23.1 Å². The van der Waals surface area contributed by atoms with Crippen molar-refractivity contribution in [2.45, 2.75) is 32.5 Å². The number of anilines is 1. The number of ether oxygens (including phenoxy) is 2. The van der Waals surface area contributed by atoms with Crippen molar-refractivity contribution in [2.24, 2.45) is 7.05 Å². The molecule has 10 heteroatoms. The van der Waals surface area contributed by atoms with Crippen molar-refractivity contribution in [3.05, 3.63) is 52.2 Å². The lowest BCUT2D eigenvalue weighted by Crippen LogP contribution is -2.16. The van der Waals surface area contributed by atoms with Gasteiger partial charge in [0.05, 0.1) is 17.9 Å². The fraction of sp³-hybridized carbons (Fsp3) is 0.333. The molecule has 0 fully saturated rings. The molecule has 0 aliphatic heterocycles. The number of rotatable bonds is 9. The second-order valence-electron chi connectivity index (χ2n) is 6.60. The number of nitrogens with one attached hydrogen (secondary N) is 1. The molecule has 0 bridgehead atoms. The number of thioether (sulfide) groups is 1. The second kappa shape index (κ2) is 10.5. The number of nitrogens with zero attached hydrogens (tertiary/aromatic N) is 3. The van der Waals surface area contributed by atoms with E-state index in [0.29, 0.717) is 21.5 Å². The molecule has 1 amide bonds. The zero-order chi connectivity index (χ0) is 22.4. The number of carbonyl (C=O) groups is 2. The molecule has 2 aromatic heterocycles. The van der Waals surface area contributed by atoms with Crippen LogP contribution in [-0.4, -0.2) is 39.0 Å². The number of benzene rings is 1. The van der Waals surface area contributed by atoms with Crippen LogP contribution < -0.4 is 10.1 Å². The summed E-state index contributed by atoms with van der Waals surface area (Å²) < 4.78 is 12.6. The molecule has 1 N–H and O–H groups in total. The smallest absolute Gasteiger partial charge is 0.341 e. The van der Waals surface area contributed by atoms with Crippen LogP contribution in [0.1, 0.15) is 33.5 Å². The van der Waals surface area contributed by atoms with Crippen molar-refractivity contribution in [3.63, 3.8) is 0 Å². The van der Waals surface area contributed by atoms with Gasteiger partial charge < -0.3 is 19.4 Å². The van der Waals surface area contributed by atoms with Gasteiger partial charge in [0.15, 0.2) is 11.0 Å². The minimum atomic E-state index is -0.427. The summed E-state index contributed by atoms with van der Waals surface area (Å²) in [5.74, 6) is 0.869. The van der Waals surface area contributed by atoms with E-state index >= 15 is 0 Å². The summed E-state index contributed by atoms with van der Waals surface area (Å²) in [6, 6.07) is 9.46. The van der Waals surface area contributed by atoms with Crippen LogP contribution in [-0.2, 0) is 23.2 Å². The van der Waals surface area contributed by atoms with Gasteiger partial charge in [0, 0.05) is 11.9 Å².